The molecule has 51 heavy (non-hydrogen) atoms. The van der Waals surface area contributed by atoms with Crippen LogP contribution in [0.15, 0.2) is 48.5 Å². The van der Waals surface area contributed by atoms with Gasteiger partial charge in [0, 0.05) is 48.7 Å². The molecule has 2 heterocycles. The Bertz CT molecular complexity index is 1690. The molecule has 14 heteroatoms. The summed E-state index contributed by atoms with van der Waals surface area (Å²) in [6.07, 6.45) is 4.40. The third-order valence-corrected chi connectivity index (χ3v) is 8.65. The fourth-order valence-corrected chi connectivity index (χ4v) is 6.00. The Kier molecular flexibility index (Phi) is 12.9. The summed E-state index contributed by atoms with van der Waals surface area (Å²) in [4.78, 5) is 55.0. The Morgan fingerprint density at radius 2 is 1.41 bits per heavy atom. The lowest BCUT2D eigenvalue weighted by atomic mass is 9.97. The van der Waals surface area contributed by atoms with Crippen LogP contribution in [0.1, 0.15) is 88.7 Å². The number of hydrogen-bond donors (Lipinski definition) is 5. The van der Waals surface area contributed by atoms with Gasteiger partial charge in [0.1, 0.15) is 12.8 Å². The van der Waals surface area contributed by atoms with Crippen molar-refractivity contribution in [1.82, 2.24) is 10.0 Å². The van der Waals surface area contributed by atoms with Crippen molar-refractivity contribution in [3.63, 3.8) is 0 Å². The van der Waals surface area contributed by atoms with Crippen molar-refractivity contribution in [1.29, 1.82) is 0 Å². The van der Waals surface area contributed by atoms with E-state index >= 15 is 0 Å². The maximum atomic E-state index is 12.9. The Morgan fingerprint density at radius 1 is 0.784 bits per heavy atom. The lowest BCUT2D eigenvalue weighted by molar-refractivity contribution is -0.143. The zero-order valence-corrected chi connectivity index (χ0v) is 28.9. The monoisotopic (exact) mass is 706 g/mol. The maximum Gasteiger partial charge on any atom is 0.534 e. The minimum absolute atomic E-state index is 0.0731. The number of anilines is 2. The van der Waals surface area contributed by atoms with Gasteiger partial charge in [-0.3, -0.25) is 24.5 Å². The first kappa shape index (κ1) is 37.2. The maximum absolute atomic E-state index is 12.9. The number of ether oxygens (including phenoxy) is 3. The largest absolute Gasteiger partial charge is 0.534 e. The van der Waals surface area contributed by atoms with E-state index in [9.17, 15) is 29.4 Å². The number of rotatable bonds is 19. The molecule has 14 nitrogen and oxygen atoms in total. The van der Waals surface area contributed by atoms with Crippen LogP contribution in [0.5, 0.6) is 11.8 Å². The molecule has 3 unspecified atom stereocenters. The molecule has 2 aromatic carbocycles. The van der Waals surface area contributed by atoms with Gasteiger partial charge < -0.3 is 35.1 Å². The van der Waals surface area contributed by atoms with Crippen LogP contribution in [0.4, 0.5) is 16.2 Å². The number of benzene rings is 2. The molecule has 0 radical (unpaired) electrons. The highest BCUT2D eigenvalue weighted by atomic mass is 16.8. The quantitative estimate of drug-likeness (QED) is 0.0596. The van der Waals surface area contributed by atoms with E-state index in [1.165, 1.54) is 0 Å². The lowest BCUT2D eigenvalue weighted by Crippen LogP contribution is -2.22. The fourth-order valence-electron chi connectivity index (χ4n) is 6.00. The third-order valence-electron chi connectivity index (χ3n) is 8.65. The fraction of sp³-hybridized carbons (Fsp3) is 0.459. The van der Waals surface area contributed by atoms with Gasteiger partial charge in [-0.2, -0.15) is 0 Å². The summed E-state index contributed by atoms with van der Waals surface area (Å²) < 4.78 is 16.7. The number of hydrogen-bond acceptors (Lipinski definition) is 11. The van der Waals surface area contributed by atoms with Crippen LogP contribution in [0.3, 0.4) is 0 Å². The number of epoxide rings is 1. The van der Waals surface area contributed by atoms with E-state index in [2.05, 4.69) is 22.9 Å². The molecule has 2 aliphatic rings. The number of amides is 2. The van der Waals surface area contributed by atoms with Crippen molar-refractivity contribution < 1.29 is 48.4 Å². The van der Waals surface area contributed by atoms with Crippen molar-refractivity contribution in [2.24, 2.45) is 0 Å². The number of unbranched alkanes of at least 4 members (excludes halogenated alkanes) is 1. The molecule has 1 fully saturated rings. The van der Waals surface area contributed by atoms with Gasteiger partial charge in [0.15, 0.2) is 0 Å². The molecule has 1 aliphatic heterocycles. The van der Waals surface area contributed by atoms with Crippen molar-refractivity contribution in [3.05, 3.63) is 59.7 Å². The number of nitrogens with one attached hydrogen (secondary N) is 3. The predicted molar refractivity (Wildman–Crippen MR) is 187 cm³/mol. The summed E-state index contributed by atoms with van der Waals surface area (Å²) >= 11 is 0. The minimum Gasteiger partial charge on any atom is -0.492 e. The average Bonchev–Trinajstić information content (AvgIpc) is 3.68. The van der Waals surface area contributed by atoms with E-state index in [1.807, 2.05) is 31.2 Å². The zero-order chi connectivity index (χ0) is 36.3. The average molecular weight is 707 g/mol. The normalized spacial score (nSPS) is 16.9. The van der Waals surface area contributed by atoms with Crippen LogP contribution in [0, 0.1) is 0 Å². The Hall–Kier alpha value is -5.08. The summed E-state index contributed by atoms with van der Waals surface area (Å²) in [7, 11) is 0. The molecule has 3 atom stereocenters. The van der Waals surface area contributed by atoms with Crippen LogP contribution in [0.25, 0.3) is 11.1 Å². The van der Waals surface area contributed by atoms with Crippen LogP contribution >= 0.6 is 0 Å². The van der Waals surface area contributed by atoms with E-state index < -0.39 is 23.8 Å². The summed E-state index contributed by atoms with van der Waals surface area (Å²) in [6, 6.07) is 13.3. The number of carbonyl (C=O) groups is 4. The second-order valence-corrected chi connectivity index (χ2v) is 12.6. The van der Waals surface area contributed by atoms with Crippen LogP contribution in [-0.2, 0) is 28.6 Å². The SMILES string of the molecule is CCCCNC1OC1CCCC(=O)Nc1ccc2c(c1)C(COC(=O)On1c(O)ccc1O)c1cc(NC(=O)CCCC(=O)OCCC)ccc1-2. The van der Waals surface area contributed by atoms with Gasteiger partial charge >= 0.3 is 12.1 Å². The lowest BCUT2D eigenvalue weighted by Gasteiger charge is -2.16. The number of esters is 1. The van der Waals surface area contributed by atoms with Crippen LogP contribution < -0.4 is 20.8 Å². The van der Waals surface area contributed by atoms with Crippen molar-refractivity contribution >= 4 is 35.3 Å². The molecule has 274 valence electrons. The minimum atomic E-state index is -1.17. The molecular weight excluding hydrogens is 660 g/mol. The Morgan fingerprint density at radius 3 is 2.02 bits per heavy atom. The number of fused-ring (bicyclic) bond motifs is 3. The van der Waals surface area contributed by atoms with Gasteiger partial charge in [-0.15, -0.1) is 4.73 Å². The predicted octanol–water partition coefficient (Wildman–Crippen LogP) is 5.56. The summed E-state index contributed by atoms with van der Waals surface area (Å²) in [5, 5.41) is 28.9. The van der Waals surface area contributed by atoms with E-state index in [0.29, 0.717) is 42.0 Å². The van der Waals surface area contributed by atoms with Crippen LogP contribution in [-0.4, -0.2) is 71.0 Å². The van der Waals surface area contributed by atoms with E-state index in [0.717, 1.165) is 66.6 Å². The zero-order valence-electron chi connectivity index (χ0n) is 28.9. The second kappa shape index (κ2) is 17.7. The molecule has 0 spiro atoms. The first-order valence-corrected chi connectivity index (χ1v) is 17.5. The van der Waals surface area contributed by atoms with E-state index in [4.69, 9.17) is 19.0 Å². The molecule has 3 aromatic rings. The molecule has 1 saturated heterocycles. The first-order chi connectivity index (χ1) is 24.7. The molecule has 0 bridgehead atoms. The van der Waals surface area contributed by atoms with Gasteiger partial charge in [0.2, 0.25) is 23.6 Å². The van der Waals surface area contributed by atoms with Crippen LogP contribution in [0.2, 0.25) is 0 Å². The molecule has 0 saturated carbocycles. The second-order valence-electron chi connectivity index (χ2n) is 12.6. The van der Waals surface area contributed by atoms with Gasteiger partial charge in [-0.25, -0.2) is 4.79 Å². The highest BCUT2D eigenvalue weighted by Crippen LogP contribution is 2.47. The van der Waals surface area contributed by atoms with Gasteiger partial charge in [-0.05, 0) is 85.2 Å². The highest BCUT2D eigenvalue weighted by molar-refractivity contribution is 5.94. The van der Waals surface area contributed by atoms with Crippen molar-refractivity contribution in [2.45, 2.75) is 89.9 Å². The molecule has 5 rings (SSSR count). The van der Waals surface area contributed by atoms with Gasteiger partial charge in [-0.1, -0.05) is 32.4 Å². The summed E-state index contributed by atoms with van der Waals surface area (Å²) in [5.74, 6) is -2.23. The number of carbonyl (C=O) groups excluding carboxylic acids is 4. The topological polar surface area (TPSA) is 190 Å². The van der Waals surface area contributed by atoms with Gasteiger partial charge in [0.25, 0.3) is 0 Å². The number of aromatic hydroxyl groups is 2. The molecule has 1 aliphatic carbocycles. The first-order valence-electron chi connectivity index (χ1n) is 17.5. The molecule has 5 N–H and O–H groups in total. The Balaban J connectivity index is 1.23. The third kappa shape index (κ3) is 10.2. The standard InChI is InChI=1S/C37H46N4O10/c1-3-5-18-38-36-30(50-36)8-6-9-31(42)39-23-12-14-25-26-15-13-24(40-32(43)10-7-11-35(46)48-19-4-2)21-28(26)29(27(25)20-23)22-49-37(47)51-41-33(44)16-17-34(41)45/h12-17,20-21,29-30,36,38,44-45H,3-11,18-19,22H2,1-2H3,(H,39,42)(H,40,43). The summed E-state index contributed by atoms with van der Waals surface area (Å²) in [6.45, 7) is 5.13. The number of aromatic nitrogens is 1. The van der Waals surface area contributed by atoms with Gasteiger partial charge in [0.05, 0.1) is 12.7 Å². The molecule has 1 aromatic heterocycles. The smallest absolute Gasteiger partial charge is 0.492 e. The highest BCUT2D eigenvalue weighted by Gasteiger charge is 2.37. The summed E-state index contributed by atoms with van der Waals surface area (Å²) in [5.41, 5.74) is 4.36. The van der Waals surface area contributed by atoms with E-state index in [1.54, 1.807) is 12.1 Å². The molecular formula is C37H46N4O10. The molecule has 2 amide bonds. The van der Waals surface area contributed by atoms with Crippen molar-refractivity contribution in [2.75, 3.05) is 30.4 Å². The van der Waals surface area contributed by atoms with E-state index in [-0.39, 0.29) is 49.6 Å². The number of nitrogens with zero attached hydrogens (tertiary/aromatic N) is 1. The van der Waals surface area contributed by atoms with Crippen molar-refractivity contribution in [3.8, 4) is 22.9 Å². The Labute approximate surface area is 296 Å².